The summed E-state index contributed by atoms with van der Waals surface area (Å²) in [6, 6.07) is 4.21. The highest BCUT2D eigenvalue weighted by molar-refractivity contribution is 9.10. The van der Waals surface area contributed by atoms with Crippen LogP contribution >= 0.6 is 15.9 Å². The maximum absolute atomic E-state index is 10.3. The molecule has 62 valence electrons. The van der Waals surface area contributed by atoms with Crippen LogP contribution in [0, 0.1) is 15.0 Å². The minimum Gasteiger partial charge on any atom is -0.258 e. The van der Waals surface area contributed by atoms with Gasteiger partial charge in [0, 0.05) is 6.07 Å². The zero-order valence-corrected chi connectivity index (χ0v) is 7.32. The van der Waals surface area contributed by atoms with E-state index in [4.69, 9.17) is 0 Å². The van der Waals surface area contributed by atoms with Gasteiger partial charge in [0.05, 0.1) is 9.40 Å². The van der Waals surface area contributed by atoms with Gasteiger partial charge in [-0.25, -0.2) is 0 Å². The molecule has 12 heavy (non-hydrogen) atoms. The van der Waals surface area contributed by atoms with Crippen LogP contribution < -0.4 is 0 Å². The number of hydrogen-bond donors (Lipinski definition) is 0. The van der Waals surface area contributed by atoms with Gasteiger partial charge in [-0.3, -0.25) is 10.1 Å². The molecule has 1 aromatic carbocycles. The first-order chi connectivity index (χ1) is 5.66. The normalized spacial score (nSPS) is 9.42. The van der Waals surface area contributed by atoms with E-state index in [1.54, 1.807) is 0 Å². The molecule has 0 spiro atoms. The molecule has 0 aliphatic heterocycles. The number of halogens is 1. The van der Waals surface area contributed by atoms with E-state index in [1.807, 2.05) is 0 Å². The molecule has 0 N–H and O–H groups in total. The number of benzene rings is 1. The Morgan fingerprint density at radius 2 is 2.17 bits per heavy atom. The van der Waals surface area contributed by atoms with Gasteiger partial charge < -0.3 is 0 Å². The van der Waals surface area contributed by atoms with Crippen LogP contribution in [-0.2, 0) is 0 Å². The van der Waals surface area contributed by atoms with Crippen LogP contribution in [0.25, 0.3) is 0 Å². The van der Waals surface area contributed by atoms with Crippen molar-refractivity contribution < 1.29 is 4.92 Å². The molecule has 0 aliphatic carbocycles. The molecule has 0 bridgehead atoms. The highest BCUT2D eigenvalue weighted by Gasteiger charge is 2.16. The average Bonchev–Trinajstić information content (AvgIpc) is 2.03. The van der Waals surface area contributed by atoms with Crippen LogP contribution in [0.3, 0.4) is 0 Å². The van der Waals surface area contributed by atoms with E-state index in [2.05, 4.69) is 21.1 Å². The maximum Gasteiger partial charge on any atom is 0.299 e. The van der Waals surface area contributed by atoms with Crippen molar-refractivity contribution >= 4 is 27.3 Å². The van der Waals surface area contributed by atoms with Crippen LogP contribution in [-0.4, -0.2) is 4.92 Å². The first-order valence-corrected chi connectivity index (χ1v) is 3.72. The van der Waals surface area contributed by atoms with E-state index in [-0.39, 0.29) is 11.4 Å². The monoisotopic (exact) mass is 230 g/mol. The van der Waals surface area contributed by atoms with Crippen molar-refractivity contribution in [2.75, 3.05) is 0 Å². The Labute approximate surface area is 75.6 Å². The molecule has 0 atom stereocenters. The SMILES string of the molecule is O=Nc1c(Br)cccc1[N+](=O)[O-]. The summed E-state index contributed by atoms with van der Waals surface area (Å²) in [5, 5.41) is 12.9. The largest absolute Gasteiger partial charge is 0.299 e. The molecule has 0 unspecified atom stereocenters. The van der Waals surface area contributed by atoms with E-state index >= 15 is 0 Å². The molecule has 0 saturated heterocycles. The maximum atomic E-state index is 10.3. The molecule has 1 rings (SSSR count). The molecular formula is C6H3BrN2O3. The average molecular weight is 231 g/mol. The lowest BCUT2D eigenvalue weighted by atomic mass is 10.3. The Bertz CT molecular complexity index is 340. The minimum absolute atomic E-state index is 0.178. The molecule has 0 saturated carbocycles. The Hall–Kier alpha value is -1.30. The molecule has 6 heteroatoms. The summed E-state index contributed by atoms with van der Waals surface area (Å²) in [7, 11) is 0. The van der Waals surface area contributed by atoms with E-state index in [0.29, 0.717) is 4.47 Å². The fourth-order valence-corrected chi connectivity index (χ4v) is 1.17. The Morgan fingerprint density at radius 1 is 1.50 bits per heavy atom. The first-order valence-electron chi connectivity index (χ1n) is 2.93. The van der Waals surface area contributed by atoms with Crippen molar-refractivity contribution in [2.24, 2.45) is 5.18 Å². The second-order valence-corrected chi connectivity index (χ2v) is 2.81. The third-order valence-corrected chi connectivity index (χ3v) is 1.89. The van der Waals surface area contributed by atoms with Gasteiger partial charge in [-0.15, -0.1) is 4.91 Å². The van der Waals surface area contributed by atoms with Gasteiger partial charge >= 0.3 is 0 Å². The summed E-state index contributed by atoms with van der Waals surface area (Å²) in [6.45, 7) is 0. The fraction of sp³-hybridized carbons (Fsp3) is 0. The van der Waals surface area contributed by atoms with Gasteiger partial charge in [0.25, 0.3) is 5.69 Å². The van der Waals surface area contributed by atoms with Crippen molar-refractivity contribution in [3.8, 4) is 0 Å². The smallest absolute Gasteiger partial charge is 0.258 e. The third kappa shape index (κ3) is 1.48. The summed E-state index contributed by atoms with van der Waals surface area (Å²) < 4.78 is 0.326. The third-order valence-electron chi connectivity index (χ3n) is 1.25. The highest BCUT2D eigenvalue weighted by Crippen LogP contribution is 2.34. The van der Waals surface area contributed by atoms with Crippen LogP contribution in [0.2, 0.25) is 0 Å². The molecule has 0 amide bonds. The topological polar surface area (TPSA) is 72.6 Å². The van der Waals surface area contributed by atoms with Crippen molar-refractivity contribution in [3.05, 3.63) is 37.7 Å². The lowest BCUT2D eigenvalue weighted by Crippen LogP contribution is -1.87. The zero-order valence-electron chi connectivity index (χ0n) is 5.73. The number of nitrogens with zero attached hydrogens (tertiary/aromatic N) is 2. The van der Waals surface area contributed by atoms with Crippen LogP contribution in [0.1, 0.15) is 0 Å². The molecule has 1 aromatic rings. The van der Waals surface area contributed by atoms with Gasteiger partial charge in [-0.05, 0) is 27.2 Å². The molecule has 5 nitrogen and oxygen atoms in total. The molecule has 0 radical (unpaired) electrons. The van der Waals surface area contributed by atoms with Crippen molar-refractivity contribution in [2.45, 2.75) is 0 Å². The van der Waals surface area contributed by atoms with Gasteiger partial charge in [-0.2, -0.15) is 0 Å². The number of nitro benzene ring substituents is 1. The summed E-state index contributed by atoms with van der Waals surface area (Å²) in [5.41, 5.74) is -0.470. The predicted octanol–water partition coefficient (Wildman–Crippen LogP) is 2.76. The zero-order chi connectivity index (χ0) is 9.14. The molecule has 0 aliphatic rings. The van der Waals surface area contributed by atoms with Gasteiger partial charge in [0.15, 0.2) is 5.69 Å². The highest BCUT2D eigenvalue weighted by atomic mass is 79.9. The number of nitroso groups, excluding NO2 is 1. The lowest BCUT2D eigenvalue weighted by molar-refractivity contribution is -0.384. The van der Waals surface area contributed by atoms with Crippen molar-refractivity contribution in [1.82, 2.24) is 0 Å². The predicted molar refractivity (Wildman–Crippen MR) is 46.3 cm³/mol. The standard InChI is InChI=1S/C6H3BrN2O3/c7-4-2-1-3-5(9(11)12)6(4)8-10/h1-3H. The second kappa shape index (κ2) is 3.40. The van der Waals surface area contributed by atoms with E-state index in [9.17, 15) is 15.0 Å². The lowest BCUT2D eigenvalue weighted by Gasteiger charge is -1.94. The Kier molecular flexibility index (Phi) is 2.49. The van der Waals surface area contributed by atoms with Gasteiger partial charge in [-0.1, -0.05) is 6.07 Å². The number of rotatable bonds is 2. The summed E-state index contributed by atoms with van der Waals surface area (Å²) in [4.78, 5) is 19.8. The van der Waals surface area contributed by atoms with Crippen LogP contribution in [0.5, 0.6) is 0 Å². The van der Waals surface area contributed by atoms with Crippen LogP contribution in [0.15, 0.2) is 27.8 Å². The Balaban J connectivity index is 3.37. The van der Waals surface area contributed by atoms with E-state index in [1.165, 1.54) is 18.2 Å². The van der Waals surface area contributed by atoms with Gasteiger partial charge in [0.1, 0.15) is 0 Å². The van der Waals surface area contributed by atoms with Gasteiger partial charge in [0.2, 0.25) is 0 Å². The summed E-state index contributed by atoms with van der Waals surface area (Å²) >= 11 is 2.98. The van der Waals surface area contributed by atoms with Crippen molar-refractivity contribution in [1.29, 1.82) is 0 Å². The summed E-state index contributed by atoms with van der Waals surface area (Å²) in [5.74, 6) is 0. The Morgan fingerprint density at radius 3 is 2.58 bits per heavy atom. The van der Waals surface area contributed by atoms with E-state index < -0.39 is 4.92 Å². The molecular weight excluding hydrogens is 228 g/mol. The van der Waals surface area contributed by atoms with E-state index in [0.717, 1.165) is 0 Å². The molecule has 0 aromatic heterocycles. The number of hydrogen-bond acceptors (Lipinski definition) is 4. The molecule has 0 heterocycles. The second-order valence-electron chi connectivity index (χ2n) is 1.96. The number of nitro groups is 1. The minimum atomic E-state index is -0.651. The summed E-state index contributed by atoms with van der Waals surface area (Å²) in [6.07, 6.45) is 0. The van der Waals surface area contributed by atoms with Crippen molar-refractivity contribution in [3.63, 3.8) is 0 Å². The fourth-order valence-electron chi connectivity index (χ4n) is 0.742. The molecule has 0 fully saturated rings. The first kappa shape index (κ1) is 8.79. The van der Waals surface area contributed by atoms with Crippen LogP contribution in [0.4, 0.5) is 11.4 Å². The quantitative estimate of drug-likeness (QED) is 0.446.